The number of benzene rings is 1. The number of Topliss-reactive ketones (excluding diaryl/α,β-unsaturated/α-hetero) is 1. The molecule has 19 heavy (non-hydrogen) atoms. The number of nitrogens with zero attached hydrogens (tertiary/aromatic N) is 3. The van der Waals surface area contributed by atoms with Crippen LogP contribution in [0, 0.1) is 0 Å². The summed E-state index contributed by atoms with van der Waals surface area (Å²) in [6, 6.07) is 7.75. The lowest BCUT2D eigenvalue weighted by Gasteiger charge is -2.18. The molecule has 1 aromatic carbocycles. The maximum atomic E-state index is 11.4. The van der Waals surface area contributed by atoms with Crippen LogP contribution in [0.25, 0.3) is 0 Å². The van der Waals surface area contributed by atoms with E-state index in [1.807, 2.05) is 24.3 Å². The van der Waals surface area contributed by atoms with Crippen molar-refractivity contribution in [2.24, 2.45) is 0 Å². The van der Waals surface area contributed by atoms with E-state index in [1.165, 1.54) is 11.3 Å². The van der Waals surface area contributed by atoms with Crippen LogP contribution in [0.4, 0.5) is 5.69 Å². The number of rotatable bonds is 3. The maximum Gasteiger partial charge on any atom is 0.159 e. The Kier molecular flexibility index (Phi) is 2.99. The quantitative estimate of drug-likeness (QED) is 0.787. The van der Waals surface area contributed by atoms with Gasteiger partial charge in [0.2, 0.25) is 0 Å². The highest BCUT2D eigenvalue weighted by atomic mass is 16.1. The molecular weight excluding hydrogens is 238 g/mol. The molecule has 4 heteroatoms. The van der Waals surface area contributed by atoms with E-state index in [2.05, 4.69) is 14.9 Å². The lowest BCUT2D eigenvalue weighted by atomic mass is 10.1. The standard InChI is InChI=1S/C15H15N3O/c1-11(19)12-3-4-14-13(9-12)5-8-18(14)10-15-16-6-2-7-17-15/h2-4,6-7,9H,5,8,10H2,1H3. The molecule has 0 radical (unpaired) electrons. The molecule has 0 unspecified atom stereocenters. The summed E-state index contributed by atoms with van der Waals surface area (Å²) in [7, 11) is 0. The predicted molar refractivity (Wildman–Crippen MR) is 73.2 cm³/mol. The van der Waals surface area contributed by atoms with E-state index in [0.29, 0.717) is 6.54 Å². The summed E-state index contributed by atoms with van der Waals surface area (Å²) in [6.45, 7) is 3.27. The molecule has 0 aliphatic carbocycles. The van der Waals surface area contributed by atoms with Crippen LogP contribution in [0.1, 0.15) is 28.7 Å². The zero-order valence-corrected chi connectivity index (χ0v) is 10.8. The molecule has 0 atom stereocenters. The Bertz CT molecular complexity index is 610. The Labute approximate surface area is 112 Å². The Morgan fingerprint density at radius 2 is 2.11 bits per heavy atom. The Balaban J connectivity index is 1.84. The number of aromatic nitrogens is 2. The van der Waals surface area contributed by atoms with Gasteiger partial charge in [-0.1, -0.05) is 0 Å². The molecule has 0 spiro atoms. The normalized spacial score (nSPS) is 13.4. The van der Waals surface area contributed by atoms with Crippen LogP contribution in [-0.4, -0.2) is 22.3 Å². The average Bonchev–Trinajstić information content (AvgIpc) is 2.82. The van der Waals surface area contributed by atoms with Crippen LogP contribution in [-0.2, 0) is 13.0 Å². The van der Waals surface area contributed by atoms with Gasteiger partial charge in [-0.3, -0.25) is 4.79 Å². The Morgan fingerprint density at radius 3 is 2.84 bits per heavy atom. The van der Waals surface area contributed by atoms with Gasteiger partial charge < -0.3 is 4.90 Å². The van der Waals surface area contributed by atoms with E-state index >= 15 is 0 Å². The highest BCUT2D eigenvalue weighted by Crippen LogP contribution is 2.29. The second-order valence-corrected chi connectivity index (χ2v) is 4.74. The van der Waals surface area contributed by atoms with Gasteiger partial charge in [-0.15, -0.1) is 0 Å². The van der Waals surface area contributed by atoms with Crippen molar-refractivity contribution >= 4 is 11.5 Å². The van der Waals surface area contributed by atoms with E-state index in [9.17, 15) is 4.79 Å². The summed E-state index contributed by atoms with van der Waals surface area (Å²) in [5, 5.41) is 0. The third-order valence-corrected chi connectivity index (χ3v) is 3.43. The van der Waals surface area contributed by atoms with Crippen LogP contribution in [0.2, 0.25) is 0 Å². The van der Waals surface area contributed by atoms with Crippen molar-refractivity contribution in [2.45, 2.75) is 19.9 Å². The topological polar surface area (TPSA) is 46.1 Å². The fourth-order valence-electron chi connectivity index (χ4n) is 2.44. The second-order valence-electron chi connectivity index (χ2n) is 4.74. The molecule has 0 bridgehead atoms. The minimum Gasteiger partial charge on any atom is -0.363 e. The van der Waals surface area contributed by atoms with E-state index in [1.54, 1.807) is 19.3 Å². The fraction of sp³-hybridized carbons (Fsp3) is 0.267. The van der Waals surface area contributed by atoms with Crippen molar-refractivity contribution < 1.29 is 4.79 Å². The van der Waals surface area contributed by atoms with Crippen molar-refractivity contribution in [2.75, 3.05) is 11.4 Å². The van der Waals surface area contributed by atoms with Crippen LogP contribution in [0.3, 0.4) is 0 Å². The number of carbonyl (C=O) groups excluding carboxylic acids is 1. The van der Waals surface area contributed by atoms with E-state index in [0.717, 1.165) is 24.4 Å². The lowest BCUT2D eigenvalue weighted by Crippen LogP contribution is -2.21. The molecule has 0 saturated carbocycles. The molecule has 0 N–H and O–H groups in total. The molecule has 96 valence electrons. The first-order valence-electron chi connectivity index (χ1n) is 6.39. The van der Waals surface area contributed by atoms with E-state index < -0.39 is 0 Å². The van der Waals surface area contributed by atoms with Crippen LogP contribution in [0.5, 0.6) is 0 Å². The van der Waals surface area contributed by atoms with Crippen molar-refractivity contribution in [3.8, 4) is 0 Å². The van der Waals surface area contributed by atoms with Crippen LogP contribution in [0.15, 0.2) is 36.7 Å². The minimum atomic E-state index is 0.118. The van der Waals surface area contributed by atoms with Crippen molar-refractivity contribution in [3.63, 3.8) is 0 Å². The molecular formula is C15H15N3O. The fourth-order valence-corrected chi connectivity index (χ4v) is 2.44. The number of carbonyl (C=O) groups is 1. The molecule has 1 aromatic heterocycles. The SMILES string of the molecule is CC(=O)c1ccc2c(c1)CCN2Cc1ncccn1. The molecule has 0 fully saturated rings. The number of anilines is 1. The largest absolute Gasteiger partial charge is 0.363 e. The first kappa shape index (κ1) is 11.8. The summed E-state index contributed by atoms with van der Waals surface area (Å²) >= 11 is 0. The van der Waals surface area contributed by atoms with Crippen molar-refractivity contribution in [1.29, 1.82) is 0 Å². The van der Waals surface area contributed by atoms with Gasteiger partial charge in [0, 0.05) is 30.2 Å². The zero-order chi connectivity index (χ0) is 13.2. The molecule has 1 aliphatic heterocycles. The number of hydrogen-bond donors (Lipinski definition) is 0. The highest BCUT2D eigenvalue weighted by Gasteiger charge is 2.20. The van der Waals surface area contributed by atoms with E-state index in [-0.39, 0.29) is 5.78 Å². The molecule has 2 heterocycles. The summed E-state index contributed by atoms with van der Waals surface area (Å²) in [5.41, 5.74) is 3.22. The summed E-state index contributed by atoms with van der Waals surface area (Å²) in [4.78, 5) is 22.2. The first-order chi connectivity index (χ1) is 9.24. The molecule has 0 saturated heterocycles. The lowest BCUT2D eigenvalue weighted by molar-refractivity contribution is 0.101. The highest BCUT2D eigenvalue weighted by molar-refractivity contribution is 5.94. The molecule has 4 nitrogen and oxygen atoms in total. The second kappa shape index (κ2) is 4.80. The smallest absolute Gasteiger partial charge is 0.159 e. The Hall–Kier alpha value is -2.23. The average molecular weight is 253 g/mol. The number of ketones is 1. The monoisotopic (exact) mass is 253 g/mol. The predicted octanol–water partition coefficient (Wildman–Crippen LogP) is 2.24. The van der Waals surface area contributed by atoms with Gasteiger partial charge in [0.1, 0.15) is 5.82 Å². The molecule has 0 amide bonds. The molecule has 2 aromatic rings. The van der Waals surface area contributed by atoms with Gasteiger partial charge in [0.25, 0.3) is 0 Å². The summed E-state index contributed by atoms with van der Waals surface area (Å²) < 4.78 is 0. The van der Waals surface area contributed by atoms with Gasteiger partial charge in [-0.25, -0.2) is 9.97 Å². The third-order valence-electron chi connectivity index (χ3n) is 3.43. The molecule has 1 aliphatic rings. The zero-order valence-electron chi connectivity index (χ0n) is 10.8. The Morgan fingerprint density at radius 1 is 1.32 bits per heavy atom. The van der Waals surface area contributed by atoms with Gasteiger partial charge in [0.05, 0.1) is 6.54 Å². The van der Waals surface area contributed by atoms with E-state index in [4.69, 9.17) is 0 Å². The van der Waals surface area contributed by atoms with Gasteiger partial charge in [0.15, 0.2) is 5.78 Å². The summed E-state index contributed by atoms with van der Waals surface area (Å²) in [6.07, 6.45) is 4.50. The number of hydrogen-bond acceptors (Lipinski definition) is 4. The van der Waals surface area contributed by atoms with Crippen molar-refractivity contribution in [3.05, 3.63) is 53.6 Å². The van der Waals surface area contributed by atoms with Crippen LogP contribution < -0.4 is 4.90 Å². The summed E-state index contributed by atoms with van der Waals surface area (Å²) in [5.74, 6) is 0.943. The maximum absolute atomic E-state index is 11.4. The van der Waals surface area contributed by atoms with Gasteiger partial charge in [-0.05, 0) is 43.2 Å². The van der Waals surface area contributed by atoms with Crippen molar-refractivity contribution in [1.82, 2.24) is 9.97 Å². The van der Waals surface area contributed by atoms with Gasteiger partial charge >= 0.3 is 0 Å². The minimum absolute atomic E-state index is 0.118. The third kappa shape index (κ3) is 2.34. The van der Waals surface area contributed by atoms with Crippen LogP contribution >= 0.6 is 0 Å². The van der Waals surface area contributed by atoms with Gasteiger partial charge in [-0.2, -0.15) is 0 Å². The molecule has 3 rings (SSSR count). The number of fused-ring (bicyclic) bond motifs is 1. The first-order valence-corrected chi connectivity index (χ1v) is 6.39.